The summed E-state index contributed by atoms with van der Waals surface area (Å²) in [7, 11) is 0. The summed E-state index contributed by atoms with van der Waals surface area (Å²) >= 11 is 1.66. The van der Waals surface area contributed by atoms with Gasteiger partial charge < -0.3 is 10.2 Å². The van der Waals surface area contributed by atoms with Crippen LogP contribution in [0, 0.1) is 5.92 Å². The number of hydrogen-bond acceptors (Lipinski definition) is 3. The molecule has 1 aromatic heterocycles. The Hall–Kier alpha value is -1.36. The maximum absolute atomic E-state index is 12.8. The Labute approximate surface area is 147 Å². The summed E-state index contributed by atoms with van der Waals surface area (Å²) in [6, 6.07) is 2.51. The van der Waals surface area contributed by atoms with Crippen LogP contribution in [-0.2, 0) is 17.6 Å². The number of nitrogens with one attached hydrogen (secondary N) is 1. The first-order valence-electron chi connectivity index (χ1n) is 9.42. The van der Waals surface area contributed by atoms with Gasteiger partial charge in [0.1, 0.15) is 0 Å². The van der Waals surface area contributed by atoms with E-state index in [2.05, 4.69) is 11.4 Å². The molecule has 2 heterocycles. The van der Waals surface area contributed by atoms with Crippen LogP contribution in [0.3, 0.4) is 0 Å². The van der Waals surface area contributed by atoms with E-state index in [1.807, 2.05) is 4.90 Å². The van der Waals surface area contributed by atoms with Crippen molar-refractivity contribution in [3.8, 4) is 0 Å². The van der Waals surface area contributed by atoms with E-state index in [-0.39, 0.29) is 17.7 Å². The molecular weight excluding hydrogens is 320 g/mol. The Kier molecular flexibility index (Phi) is 4.61. The zero-order chi connectivity index (χ0) is 16.5. The Morgan fingerprint density at radius 3 is 2.54 bits per heavy atom. The van der Waals surface area contributed by atoms with Gasteiger partial charge in [-0.05, 0) is 56.6 Å². The molecule has 0 bridgehead atoms. The van der Waals surface area contributed by atoms with Gasteiger partial charge >= 0.3 is 0 Å². The number of carbonyl (C=O) groups is 2. The highest BCUT2D eigenvalue weighted by molar-refractivity contribution is 7.14. The number of aryl methyl sites for hydroxylation is 1. The third-order valence-corrected chi connectivity index (χ3v) is 6.71. The average Bonchev–Trinajstić information content (AvgIpc) is 3.35. The van der Waals surface area contributed by atoms with Crippen molar-refractivity contribution in [2.75, 3.05) is 13.1 Å². The fourth-order valence-electron chi connectivity index (χ4n) is 3.83. The first kappa shape index (κ1) is 16.1. The van der Waals surface area contributed by atoms with Crippen LogP contribution in [0.4, 0.5) is 0 Å². The molecule has 1 aromatic rings. The fourth-order valence-corrected chi connectivity index (χ4v) is 5.01. The molecule has 1 unspecified atom stereocenters. The molecule has 0 aromatic carbocycles. The van der Waals surface area contributed by atoms with Crippen molar-refractivity contribution in [3.63, 3.8) is 0 Å². The molecule has 4 nitrogen and oxygen atoms in total. The second-order valence-corrected chi connectivity index (χ2v) is 8.62. The van der Waals surface area contributed by atoms with Crippen LogP contribution in [0.25, 0.3) is 0 Å². The topological polar surface area (TPSA) is 49.4 Å². The van der Waals surface area contributed by atoms with E-state index in [0.717, 1.165) is 62.9 Å². The number of rotatable bonds is 3. The van der Waals surface area contributed by atoms with Gasteiger partial charge in [0, 0.05) is 29.9 Å². The van der Waals surface area contributed by atoms with Gasteiger partial charge in [0.15, 0.2) is 0 Å². The van der Waals surface area contributed by atoms with E-state index in [4.69, 9.17) is 0 Å². The molecule has 2 fully saturated rings. The van der Waals surface area contributed by atoms with Crippen molar-refractivity contribution in [3.05, 3.63) is 21.4 Å². The molecule has 1 N–H and O–H groups in total. The Morgan fingerprint density at radius 1 is 1.08 bits per heavy atom. The van der Waals surface area contributed by atoms with Crippen LogP contribution < -0.4 is 5.32 Å². The maximum Gasteiger partial charge on any atom is 0.263 e. The van der Waals surface area contributed by atoms with Crippen molar-refractivity contribution < 1.29 is 9.59 Å². The van der Waals surface area contributed by atoms with Gasteiger partial charge in [-0.1, -0.05) is 12.8 Å². The van der Waals surface area contributed by atoms with Crippen molar-refractivity contribution in [2.45, 2.75) is 63.8 Å². The smallest absolute Gasteiger partial charge is 0.263 e. The highest BCUT2D eigenvalue weighted by Crippen LogP contribution is 2.34. The van der Waals surface area contributed by atoms with Gasteiger partial charge in [0.25, 0.3) is 5.91 Å². The van der Waals surface area contributed by atoms with Crippen LogP contribution in [0.2, 0.25) is 0 Å². The number of amides is 2. The second-order valence-electron chi connectivity index (χ2n) is 7.49. The minimum absolute atomic E-state index is 0.0915. The minimum atomic E-state index is 0.0915. The zero-order valence-corrected chi connectivity index (χ0v) is 15.0. The lowest BCUT2D eigenvalue weighted by atomic mass is 9.87. The summed E-state index contributed by atoms with van der Waals surface area (Å²) in [5, 5.41) is 3.13. The number of hydrogen-bond donors (Lipinski definition) is 1. The monoisotopic (exact) mass is 346 g/mol. The average molecular weight is 346 g/mol. The Balaban J connectivity index is 1.43. The molecule has 1 atom stereocenters. The zero-order valence-electron chi connectivity index (χ0n) is 14.2. The van der Waals surface area contributed by atoms with Crippen LogP contribution in [0.15, 0.2) is 6.07 Å². The van der Waals surface area contributed by atoms with Crippen molar-refractivity contribution in [2.24, 2.45) is 5.92 Å². The number of fused-ring (bicyclic) bond motifs is 1. The quantitative estimate of drug-likeness (QED) is 0.914. The molecule has 1 aliphatic heterocycles. The third-order valence-electron chi connectivity index (χ3n) is 5.48. The number of thiophene rings is 1. The fraction of sp³-hybridized carbons (Fsp3) is 0.684. The minimum Gasteiger partial charge on any atom is -0.353 e. The first-order chi connectivity index (χ1) is 11.7. The van der Waals surface area contributed by atoms with Gasteiger partial charge in [0.05, 0.1) is 4.88 Å². The molecule has 3 aliphatic rings. The first-order valence-corrected chi connectivity index (χ1v) is 10.2. The van der Waals surface area contributed by atoms with E-state index in [1.165, 1.54) is 23.3 Å². The molecular formula is C19H26N2O2S. The van der Waals surface area contributed by atoms with Crippen molar-refractivity contribution in [1.82, 2.24) is 10.2 Å². The normalized spacial score (nSPS) is 24.2. The van der Waals surface area contributed by atoms with Gasteiger partial charge in [0.2, 0.25) is 5.91 Å². The van der Waals surface area contributed by atoms with E-state index in [9.17, 15) is 9.59 Å². The van der Waals surface area contributed by atoms with Gasteiger partial charge in [-0.3, -0.25) is 9.59 Å². The maximum atomic E-state index is 12.8. The number of nitrogens with zero attached hydrogens (tertiary/aromatic N) is 1. The van der Waals surface area contributed by atoms with Crippen LogP contribution in [0.1, 0.15) is 65.1 Å². The molecule has 1 saturated heterocycles. The molecule has 0 spiro atoms. The molecule has 4 rings (SSSR count). The standard InChI is InChI=1S/C19H26N2O2S/c22-18(20-15-6-7-15)13-5-8-16-14(11-13)12-17(24-16)19(23)21-9-3-1-2-4-10-21/h12-13,15H,1-11H2,(H,20,22). The SMILES string of the molecule is O=C(NC1CC1)C1CCc2sc(C(=O)N3CCCCCC3)cc2C1. The lowest BCUT2D eigenvalue weighted by Crippen LogP contribution is -2.35. The number of likely N-dealkylation sites (tertiary alicyclic amines) is 1. The van der Waals surface area contributed by atoms with E-state index >= 15 is 0 Å². The third kappa shape index (κ3) is 3.51. The van der Waals surface area contributed by atoms with Crippen LogP contribution in [-0.4, -0.2) is 35.8 Å². The summed E-state index contributed by atoms with van der Waals surface area (Å²) in [4.78, 5) is 29.3. The lowest BCUT2D eigenvalue weighted by molar-refractivity contribution is -0.125. The largest absolute Gasteiger partial charge is 0.353 e. The molecule has 0 radical (unpaired) electrons. The highest BCUT2D eigenvalue weighted by atomic mass is 32.1. The van der Waals surface area contributed by atoms with Crippen LogP contribution in [0.5, 0.6) is 0 Å². The summed E-state index contributed by atoms with van der Waals surface area (Å²) in [6.45, 7) is 1.79. The summed E-state index contributed by atoms with van der Waals surface area (Å²) in [6.07, 6.45) is 9.66. The molecule has 24 heavy (non-hydrogen) atoms. The predicted molar refractivity (Wildman–Crippen MR) is 95.4 cm³/mol. The Morgan fingerprint density at radius 2 is 1.83 bits per heavy atom. The van der Waals surface area contributed by atoms with E-state index in [0.29, 0.717) is 6.04 Å². The van der Waals surface area contributed by atoms with Crippen LogP contribution >= 0.6 is 11.3 Å². The van der Waals surface area contributed by atoms with Crippen molar-refractivity contribution >= 4 is 23.2 Å². The lowest BCUT2D eigenvalue weighted by Gasteiger charge is -2.21. The molecule has 130 valence electrons. The molecule has 5 heteroatoms. The summed E-state index contributed by atoms with van der Waals surface area (Å²) in [5.41, 5.74) is 1.24. The summed E-state index contributed by atoms with van der Waals surface area (Å²) < 4.78 is 0. The summed E-state index contributed by atoms with van der Waals surface area (Å²) in [5.74, 6) is 0.513. The van der Waals surface area contributed by atoms with E-state index < -0.39 is 0 Å². The van der Waals surface area contributed by atoms with Gasteiger partial charge in [-0.25, -0.2) is 0 Å². The van der Waals surface area contributed by atoms with Gasteiger partial charge in [-0.15, -0.1) is 11.3 Å². The molecule has 2 aliphatic carbocycles. The molecule has 2 amide bonds. The van der Waals surface area contributed by atoms with Gasteiger partial charge in [-0.2, -0.15) is 0 Å². The highest BCUT2D eigenvalue weighted by Gasteiger charge is 2.31. The molecule has 1 saturated carbocycles. The predicted octanol–water partition coefficient (Wildman–Crippen LogP) is 3.15. The Bertz CT molecular complexity index is 627. The second kappa shape index (κ2) is 6.87. The number of carbonyl (C=O) groups excluding carboxylic acids is 2. The van der Waals surface area contributed by atoms with Crippen molar-refractivity contribution in [1.29, 1.82) is 0 Å². The van der Waals surface area contributed by atoms with E-state index in [1.54, 1.807) is 11.3 Å².